The molecule has 0 aliphatic carbocycles. The topological polar surface area (TPSA) is 87.7 Å². The number of aryl methyl sites for hydroxylation is 1. The van der Waals surface area contributed by atoms with E-state index in [0.29, 0.717) is 17.4 Å². The van der Waals surface area contributed by atoms with Gasteiger partial charge >= 0.3 is 0 Å². The summed E-state index contributed by atoms with van der Waals surface area (Å²) in [5.41, 5.74) is 1.45. The van der Waals surface area contributed by atoms with Crippen LogP contribution in [0.2, 0.25) is 0 Å². The maximum Gasteiger partial charge on any atom is 0.251 e. The first-order valence-electron chi connectivity index (χ1n) is 7.62. The van der Waals surface area contributed by atoms with E-state index in [4.69, 9.17) is 0 Å². The number of hydrogen-bond donors (Lipinski definition) is 2. The van der Waals surface area contributed by atoms with Crippen molar-refractivity contribution in [2.75, 3.05) is 0 Å². The maximum atomic E-state index is 12.2. The van der Waals surface area contributed by atoms with Crippen LogP contribution in [-0.2, 0) is 16.8 Å². The van der Waals surface area contributed by atoms with Crippen molar-refractivity contribution in [1.29, 1.82) is 0 Å². The number of H-pyrrole nitrogens is 1. The van der Waals surface area contributed by atoms with Gasteiger partial charge in [-0.15, -0.1) is 11.3 Å². The predicted octanol–water partition coefficient (Wildman–Crippen LogP) is 2.63. The normalized spacial score (nSPS) is 12.9. The molecule has 2 aromatic heterocycles. The Hall–Kier alpha value is -1.67. The van der Waals surface area contributed by atoms with Gasteiger partial charge in [0.1, 0.15) is 5.01 Å². The van der Waals surface area contributed by atoms with E-state index in [9.17, 15) is 9.59 Å². The second-order valence-corrected chi connectivity index (χ2v) is 8.82. The Morgan fingerprint density at radius 1 is 1.42 bits per heavy atom. The average molecular weight is 367 g/mol. The average Bonchev–Trinajstić information content (AvgIpc) is 2.92. The molecule has 0 fully saturated rings. The van der Waals surface area contributed by atoms with E-state index < -0.39 is 0 Å². The number of thioether (sulfide) groups is 1. The van der Waals surface area contributed by atoms with Gasteiger partial charge in [-0.1, -0.05) is 32.5 Å². The Morgan fingerprint density at radius 2 is 2.12 bits per heavy atom. The van der Waals surface area contributed by atoms with Crippen molar-refractivity contribution in [2.24, 2.45) is 0 Å². The van der Waals surface area contributed by atoms with Crippen molar-refractivity contribution in [1.82, 2.24) is 20.3 Å². The van der Waals surface area contributed by atoms with E-state index in [-0.39, 0.29) is 22.1 Å². The van der Waals surface area contributed by atoms with Crippen LogP contribution in [0, 0.1) is 6.92 Å². The molecule has 0 radical (unpaired) electrons. The van der Waals surface area contributed by atoms with Crippen LogP contribution < -0.4 is 10.9 Å². The summed E-state index contributed by atoms with van der Waals surface area (Å²) in [5, 5.41) is 5.88. The molecule has 2 N–H and O–H groups in total. The number of carbonyl (C=O) groups excluding carboxylic acids is 1. The lowest BCUT2D eigenvalue weighted by Crippen LogP contribution is -2.30. The first-order valence-corrected chi connectivity index (χ1v) is 9.38. The molecule has 0 saturated carbocycles. The Kier molecular flexibility index (Phi) is 5.82. The summed E-state index contributed by atoms with van der Waals surface area (Å²) in [6, 6.07) is 1.42. The number of nitrogens with zero attached hydrogens (tertiary/aromatic N) is 2. The molecule has 1 unspecified atom stereocenters. The quantitative estimate of drug-likeness (QED) is 0.627. The summed E-state index contributed by atoms with van der Waals surface area (Å²) in [6.45, 7) is 10.3. The van der Waals surface area contributed by atoms with Gasteiger partial charge in [-0.2, -0.15) is 0 Å². The molecule has 0 bridgehead atoms. The summed E-state index contributed by atoms with van der Waals surface area (Å²) in [7, 11) is 0. The monoisotopic (exact) mass is 366 g/mol. The number of rotatable bonds is 5. The van der Waals surface area contributed by atoms with Crippen molar-refractivity contribution >= 4 is 29.0 Å². The lowest BCUT2D eigenvalue weighted by molar-refractivity contribution is -0.120. The third-order valence-electron chi connectivity index (χ3n) is 3.24. The van der Waals surface area contributed by atoms with Gasteiger partial charge in [0.2, 0.25) is 5.91 Å². The summed E-state index contributed by atoms with van der Waals surface area (Å²) in [4.78, 5) is 35.1. The van der Waals surface area contributed by atoms with Crippen LogP contribution in [0.15, 0.2) is 21.4 Å². The minimum Gasteiger partial charge on any atom is -0.349 e. The van der Waals surface area contributed by atoms with Gasteiger partial charge in [0.15, 0.2) is 5.16 Å². The summed E-state index contributed by atoms with van der Waals surface area (Å²) < 4.78 is 0. The molecule has 1 amide bonds. The van der Waals surface area contributed by atoms with Crippen LogP contribution in [0.25, 0.3) is 0 Å². The number of thiazole rings is 1. The van der Waals surface area contributed by atoms with E-state index in [1.165, 1.54) is 17.8 Å². The number of hydrogen-bond acceptors (Lipinski definition) is 6. The highest BCUT2D eigenvalue weighted by Crippen LogP contribution is 2.24. The SMILES string of the molecule is Cc1cc(=O)[nH]c(SC(C)C(=O)NCc2nc(C(C)(C)C)cs2)n1. The molecule has 0 saturated heterocycles. The molecule has 0 aromatic carbocycles. The Morgan fingerprint density at radius 3 is 2.71 bits per heavy atom. The highest BCUT2D eigenvalue weighted by molar-refractivity contribution is 8.00. The third-order valence-corrected chi connectivity index (χ3v) is 5.07. The van der Waals surface area contributed by atoms with E-state index in [2.05, 4.69) is 41.0 Å². The lowest BCUT2D eigenvalue weighted by Gasteiger charge is -2.14. The summed E-state index contributed by atoms with van der Waals surface area (Å²) in [6.07, 6.45) is 0. The van der Waals surface area contributed by atoms with Gasteiger partial charge in [0, 0.05) is 22.6 Å². The van der Waals surface area contributed by atoms with Crippen LogP contribution in [0.4, 0.5) is 0 Å². The molecule has 2 rings (SSSR count). The molecule has 1 atom stereocenters. The van der Waals surface area contributed by atoms with E-state index in [1.807, 2.05) is 5.38 Å². The fourth-order valence-corrected chi connectivity index (χ4v) is 3.71. The zero-order chi connectivity index (χ0) is 17.9. The predicted molar refractivity (Wildman–Crippen MR) is 97.6 cm³/mol. The van der Waals surface area contributed by atoms with Crippen LogP contribution >= 0.6 is 23.1 Å². The Bertz CT molecular complexity index is 777. The van der Waals surface area contributed by atoms with E-state index in [1.54, 1.807) is 25.2 Å². The first kappa shape index (κ1) is 18.7. The van der Waals surface area contributed by atoms with Crippen molar-refractivity contribution in [3.63, 3.8) is 0 Å². The molecule has 8 heteroatoms. The Labute approximate surface area is 149 Å². The van der Waals surface area contributed by atoms with Crippen molar-refractivity contribution in [3.8, 4) is 0 Å². The molecule has 0 aliphatic heterocycles. The first-order chi connectivity index (χ1) is 11.1. The van der Waals surface area contributed by atoms with Crippen molar-refractivity contribution in [3.05, 3.63) is 38.2 Å². The van der Waals surface area contributed by atoms with Crippen LogP contribution in [-0.4, -0.2) is 26.1 Å². The minimum absolute atomic E-state index is 0.00458. The number of aromatic amines is 1. The van der Waals surface area contributed by atoms with Gasteiger partial charge in [0.05, 0.1) is 17.5 Å². The zero-order valence-electron chi connectivity index (χ0n) is 14.5. The summed E-state index contributed by atoms with van der Waals surface area (Å²) >= 11 is 2.77. The molecule has 0 spiro atoms. The molecule has 6 nitrogen and oxygen atoms in total. The number of aromatic nitrogens is 3. The fraction of sp³-hybridized carbons (Fsp3) is 0.500. The van der Waals surface area contributed by atoms with Crippen molar-refractivity contribution in [2.45, 2.75) is 57.0 Å². The molecule has 2 heterocycles. The smallest absolute Gasteiger partial charge is 0.251 e. The third kappa shape index (κ3) is 5.17. The molecular formula is C16H22N4O2S2. The van der Waals surface area contributed by atoms with Gasteiger partial charge < -0.3 is 10.3 Å². The zero-order valence-corrected chi connectivity index (χ0v) is 16.1. The lowest BCUT2D eigenvalue weighted by atomic mass is 9.93. The molecule has 2 aromatic rings. The largest absolute Gasteiger partial charge is 0.349 e. The second kappa shape index (κ2) is 7.48. The van der Waals surface area contributed by atoms with Crippen LogP contribution in [0.3, 0.4) is 0 Å². The van der Waals surface area contributed by atoms with E-state index in [0.717, 1.165) is 10.7 Å². The van der Waals surface area contributed by atoms with Crippen LogP contribution in [0.5, 0.6) is 0 Å². The fourth-order valence-electron chi connectivity index (χ4n) is 1.87. The highest BCUT2D eigenvalue weighted by atomic mass is 32.2. The number of amides is 1. The van der Waals surface area contributed by atoms with Crippen molar-refractivity contribution < 1.29 is 4.79 Å². The number of nitrogens with one attached hydrogen (secondary N) is 2. The molecule has 130 valence electrons. The Balaban J connectivity index is 1.92. The van der Waals surface area contributed by atoms with Crippen LogP contribution in [0.1, 0.15) is 44.1 Å². The van der Waals surface area contributed by atoms with Gasteiger partial charge in [-0.25, -0.2) is 9.97 Å². The summed E-state index contributed by atoms with van der Waals surface area (Å²) in [5.74, 6) is -0.114. The van der Waals surface area contributed by atoms with Gasteiger partial charge in [-0.05, 0) is 13.8 Å². The van der Waals surface area contributed by atoms with E-state index >= 15 is 0 Å². The molecular weight excluding hydrogens is 344 g/mol. The number of carbonyl (C=O) groups is 1. The molecule has 0 aliphatic rings. The maximum absolute atomic E-state index is 12.2. The molecule has 24 heavy (non-hydrogen) atoms. The van der Waals surface area contributed by atoms with Gasteiger partial charge in [0.25, 0.3) is 5.56 Å². The highest BCUT2D eigenvalue weighted by Gasteiger charge is 2.19. The van der Waals surface area contributed by atoms with Gasteiger partial charge in [-0.3, -0.25) is 9.59 Å². The minimum atomic E-state index is -0.364. The second-order valence-electron chi connectivity index (χ2n) is 6.55. The standard InChI is InChI=1S/C16H22N4O2S2/c1-9-6-12(21)20-15(18-9)24-10(2)14(22)17-7-13-19-11(8-23-13)16(3,4)5/h6,8,10H,7H2,1-5H3,(H,17,22)(H,18,20,21).